The van der Waals surface area contributed by atoms with Crippen LogP contribution in [0.3, 0.4) is 0 Å². The molecule has 0 nitrogen and oxygen atoms in total. The van der Waals surface area contributed by atoms with Gasteiger partial charge in [-0.2, -0.15) is 0 Å². The van der Waals surface area contributed by atoms with Gasteiger partial charge in [-0.05, 0) is 0 Å². The largest absolute Gasteiger partial charge is 0 e. The second kappa shape index (κ2) is 15.7. The summed E-state index contributed by atoms with van der Waals surface area (Å²) in [5, 5.41) is 0. The Bertz CT molecular complexity index is 8.00. The fraction of sp³-hybridized carbons (Fsp3) is 0. The van der Waals surface area contributed by atoms with Crippen molar-refractivity contribution in [3.8, 4) is 0 Å². The van der Waals surface area contributed by atoms with Crippen LogP contribution in [0.1, 0.15) is 0 Å². The Balaban J connectivity index is 0. The van der Waals surface area contributed by atoms with E-state index in [0.717, 1.165) is 0 Å². The normalized spacial score (nSPS) is 0. The molecule has 0 aliphatic heterocycles. The van der Waals surface area contributed by atoms with Crippen LogP contribution in [0.25, 0.3) is 0 Å². The van der Waals surface area contributed by atoms with Crippen molar-refractivity contribution in [1.29, 1.82) is 0 Å². The average Bonchev–Trinajstić information content (AvgIpc) is 0. The van der Waals surface area contributed by atoms with Crippen molar-refractivity contribution in [2.45, 2.75) is 0 Å². The summed E-state index contributed by atoms with van der Waals surface area (Å²) in [5.74, 6) is 0. The molecule has 0 aromatic heterocycles. The molecule has 0 fully saturated rings. The average molecular weight is 448 g/mol. The molecule has 25 valence electrons. The SMILES string of the molecule is [KH].[La].[Mo].[Yb]. The van der Waals surface area contributed by atoms with Crippen molar-refractivity contribution in [3.63, 3.8) is 0 Å². The second-order valence-electron chi connectivity index (χ2n) is 0. The van der Waals surface area contributed by atoms with Crippen molar-refractivity contribution in [2.75, 3.05) is 0 Å². The monoisotopic (exact) mass is 451 g/mol. The zero-order valence-electron chi connectivity index (χ0n) is 1.25. The minimum atomic E-state index is 0. The molecule has 0 saturated heterocycles. The van der Waals surface area contributed by atoms with Crippen LogP contribution < -0.4 is 0 Å². The third-order valence-electron chi connectivity index (χ3n) is 0. The Labute approximate surface area is 150 Å². The summed E-state index contributed by atoms with van der Waals surface area (Å²) in [6.45, 7) is 0. The van der Waals surface area contributed by atoms with Crippen LogP contribution in [-0.4, -0.2) is 51.4 Å². The third-order valence-corrected chi connectivity index (χ3v) is 0. The third kappa shape index (κ3) is 10.1. The molecule has 0 saturated carbocycles. The molecule has 0 bridgehead atoms. The van der Waals surface area contributed by atoms with Gasteiger partial charge in [0.25, 0.3) is 0 Å². The van der Waals surface area contributed by atoms with Gasteiger partial charge in [0.15, 0.2) is 0 Å². The van der Waals surface area contributed by atoms with Gasteiger partial charge in [0.2, 0.25) is 0 Å². The molecule has 0 N–H and O–H groups in total. The molecule has 0 aliphatic rings. The van der Waals surface area contributed by atoms with Crippen LogP contribution in [0.4, 0.5) is 0 Å². The predicted molar refractivity (Wildman–Crippen MR) is 7.15 cm³/mol. The van der Waals surface area contributed by atoms with Gasteiger partial charge in [0.05, 0.1) is 0 Å². The van der Waals surface area contributed by atoms with Crippen molar-refractivity contribution < 1.29 is 104 Å². The summed E-state index contributed by atoms with van der Waals surface area (Å²) in [6, 6.07) is 0. The van der Waals surface area contributed by atoms with Crippen LogP contribution >= 0.6 is 0 Å². The molecule has 0 atom stereocenters. The van der Waals surface area contributed by atoms with Gasteiger partial charge in [0.1, 0.15) is 0 Å². The molecule has 4 heteroatoms. The molecular formula is HKLaMoYb. The predicted octanol–water partition coefficient (Wildman–Crippen LogP) is -0.651. The summed E-state index contributed by atoms with van der Waals surface area (Å²) in [6.07, 6.45) is 0. The van der Waals surface area contributed by atoms with Gasteiger partial charge in [-0.3, -0.25) is 0 Å². The number of hydrogen-bond donors (Lipinski definition) is 0. The van der Waals surface area contributed by atoms with E-state index < -0.39 is 0 Å². The van der Waals surface area contributed by atoms with Crippen LogP contribution in [-0.2, 0) is 21.1 Å². The standard InChI is InChI=1S/K.La.Mo.Yb.H. The second-order valence-corrected chi connectivity index (χ2v) is 0. The minimum Gasteiger partial charge on any atom is 0 e. The smallest absolute Gasteiger partial charge is 0 e. The van der Waals surface area contributed by atoms with Crippen LogP contribution in [0.5, 0.6) is 0 Å². The van der Waals surface area contributed by atoms with Gasteiger partial charge in [0, 0.05) is 104 Å². The molecular weight excluding hydrogens is 447 g/mol. The first-order valence-corrected chi connectivity index (χ1v) is 0. The Morgan fingerprint density at radius 1 is 1.00 bits per heavy atom. The molecule has 1 radical (unpaired) electrons. The van der Waals surface area contributed by atoms with E-state index in [-0.39, 0.29) is 155 Å². The van der Waals surface area contributed by atoms with Gasteiger partial charge in [-0.15, -0.1) is 0 Å². The number of hydrogen-bond acceptors (Lipinski definition) is 0. The molecule has 0 spiro atoms. The van der Waals surface area contributed by atoms with Crippen LogP contribution in [0.15, 0.2) is 0 Å². The molecule has 0 aliphatic carbocycles. The first-order chi connectivity index (χ1) is 0. The molecule has 4 heavy (non-hydrogen) atoms. The van der Waals surface area contributed by atoms with Gasteiger partial charge in [-0.25, -0.2) is 0 Å². The van der Waals surface area contributed by atoms with E-state index in [1.54, 1.807) is 0 Å². The maximum Gasteiger partial charge on any atom is 0 e. The Morgan fingerprint density at radius 3 is 1.00 bits per heavy atom. The number of rotatable bonds is 0. The van der Waals surface area contributed by atoms with Gasteiger partial charge in [-0.1, -0.05) is 0 Å². The van der Waals surface area contributed by atoms with E-state index >= 15 is 0 Å². The minimum absolute atomic E-state index is 0. The van der Waals surface area contributed by atoms with E-state index in [1.807, 2.05) is 0 Å². The van der Waals surface area contributed by atoms with E-state index in [9.17, 15) is 0 Å². The van der Waals surface area contributed by atoms with Crippen LogP contribution in [0, 0.1) is 82.5 Å². The Kier molecular flexibility index (Phi) is 90.2. The summed E-state index contributed by atoms with van der Waals surface area (Å²) in [5.41, 5.74) is 0. The fourth-order valence-corrected chi connectivity index (χ4v) is 0. The topological polar surface area (TPSA) is 0 Å². The van der Waals surface area contributed by atoms with Crippen molar-refractivity contribution in [3.05, 3.63) is 0 Å². The van der Waals surface area contributed by atoms with E-state index in [1.165, 1.54) is 0 Å². The maximum absolute atomic E-state index is 0. The van der Waals surface area contributed by atoms with Crippen molar-refractivity contribution in [2.24, 2.45) is 0 Å². The fourth-order valence-electron chi connectivity index (χ4n) is 0. The molecule has 0 unspecified atom stereocenters. The molecule has 0 heterocycles. The van der Waals surface area contributed by atoms with Crippen molar-refractivity contribution in [1.82, 2.24) is 0 Å². The Hall–Kier alpha value is 5.04. The zero-order chi connectivity index (χ0) is 0. The first kappa shape index (κ1) is 23.0. The van der Waals surface area contributed by atoms with E-state index in [4.69, 9.17) is 0 Å². The first-order valence-electron chi connectivity index (χ1n) is 0. The maximum atomic E-state index is 0. The Morgan fingerprint density at radius 2 is 1.00 bits per heavy atom. The molecule has 0 amide bonds. The van der Waals surface area contributed by atoms with Gasteiger partial charge < -0.3 is 0 Å². The van der Waals surface area contributed by atoms with Crippen molar-refractivity contribution >= 4 is 51.4 Å². The molecule has 0 rings (SSSR count). The van der Waals surface area contributed by atoms with E-state index in [2.05, 4.69) is 0 Å². The summed E-state index contributed by atoms with van der Waals surface area (Å²) < 4.78 is 0. The summed E-state index contributed by atoms with van der Waals surface area (Å²) in [4.78, 5) is 0. The van der Waals surface area contributed by atoms with Crippen LogP contribution in [0.2, 0.25) is 0 Å². The van der Waals surface area contributed by atoms with E-state index in [0.29, 0.717) is 0 Å². The quantitative estimate of drug-likeness (QED) is 0.433. The summed E-state index contributed by atoms with van der Waals surface area (Å²) >= 11 is 0. The van der Waals surface area contributed by atoms with Gasteiger partial charge >= 0.3 is 51.4 Å². The molecule has 0 aromatic rings. The zero-order valence-corrected chi connectivity index (χ0v) is 8.60. The molecule has 0 aromatic carbocycles. The summed E-state index contributed by atoms with van der Waals surface area (Å²) in [7, 11) is 0.